The fourth-order valence-electron chi connectivity index (χ4n) is 3.53. The molecule has 0 aliphatic carbocycles. The molecule has 8 heteroatoms. The van der Waals surface area contributed by atoms with Crippen LogP contribution in [0, 0.1) is 11.7 Å². The predicted octanol–water partition coefficient (Wildman–Crippen LogP) is 5.82. The van der Waals surface area contributed by atoms with E-state index in [1.165, 1.54) is 18.4 Å². The van der Waals surface area contributed by atoms with E-state index < -0.39 is 5.82 Å². The second-order valence-corrected chi connectivity index (χ2v) is 8.72. The molecule has 1 heterocycles. The molecular formula is C26H31FN4O3. The number of nitrogens with zero attached hydrogens (tertiary/aromatic N) is 2. The Morgan fingerprint density at radius 3 is 2.32 bits per heavy atom. The van der Waals surface area contributed by atoms with Crippen molar-refractivity contribution in [3.05, 3.63) is 78.0 Å². The molecule has 7 nitrogen and oxygen atoms in total. The number of benzene rings is 2. The lowest BCUT2D eigenvalue weighted by atomic mass is 10.0. The van der Waals surface area contributed by atoms with Crippen LogP contribution in [0.25, 0.3) is 0 Å². The first-order valence-corrected chi connectivity index (χ1v) is 11.1. The van der Waals surface area contributed by atoms with Gasteiger partial charge in [0, 0.05) is 43.7 Å². The topological polar surface area (TPSA) is 77.8 Å². The van der Waals surface area contributed by atoms with Crippen molar-refractivity contribution >= 4 is 29.0 Å². The largest absolute Gasteiger partial charge is 0.459 e. The molecule has 0 fully saturated rings. The van der Waals surface area contributed by atoms with E-state index in [1.807, 2.05) is 58.0 Å². The second-order valence-electron chi connectivity index (χ2n) is 8.72. The summed E-state index contributed by atoms with van der Waals surface area (Å²) in [7, 11) is 3.84. The molecule has 180 valence electrons. The van der Waals surface area contributed by atoms with Gasteiger partial charge in [0.1, 0.15) is 5.82 Å². The van der Waals surface area contributed by atoms with Crippen LogP contribution in [-0.2, 0) is 6.54 Å². The molecule has 0 aliphatic heterocycles. The monoisotopic (exact) mass is 466 g/mol. The van der Waals surface area contributed by atoms with Crippen LogP contribution >= 0.6 is 0 Å². The number of nitrogens with one attached hydrogen (secondary N) is 2. The smallest absolute Gasteiger partial charge is 0.322 e. The molecule has 0 radical (unpaired) electrons. The summed E-state index contributed by atoms with van der Waals surface area (Å²) in [5.74, 6) is -0.383. The summed E-state index contributed by atoms with van der Waals surface area (Å²) in [5.41, 5.74) is 2.74. The van der Waals surface area contributed by atoms with Crippen LogP contribution in [0.4, 0.5) is 26.2 Å². The first-order valence-electron chi connectivity index (χ1n) is 11.1. The van der Waals surface area contributed by atoms with E-state index >= 15 is 0 Å². The van der Waals surface area contributed by atoms with Gasteiger partial charge in [0.15, 0.2) is 5.76 Å². The van der Waals surface area contributed by atoms with Crippen LogP contribution in [0.5, 0.6) is 0 Å². The van der Waals surface area contributed by atoms with Gasteiger partial charge in [-0.25, -0.2) is 9.18 Å². The summed E-state index contributed by atoms with van der Waals surface area (Å²) in [4.78, 5) is 29.4. The predicted molar refractivity (Wildman–Crippen MR) is 133 cm³/mol. The number of furan rings is 1. The maximum absolute atomic E-state index is 13.6. The van der Waals surface area contributed by atoms with Gasteiger partial charge in [-0.2, -0.15) is 0 Å². The summed E-state index contributed by atoms with van der Waals surface area (Å²) in [6, 6.07) is 14.2. The molecule has 1 unspecified atom stereocenters. The minimum absolute atomic E-state index is 0.107. The molecule has 1 atom stereocenters. The number of halogens is 1. The van der Waals surface area contributed by atoms with E-state index in [1.54, 1.807) is 29.2 Å². The van der Waals surface area contributed by atoms with Crippen LogP contribution < -0.4 is 15.5 Å². The van der Waals surface area contributed by atoms with E-state index in [2.05, 4.69) is 10.6 Å². The quantitative estimate of drug-likeness (QED) is 0.439. The van der Waals surface area contributed by atoms with Crippen molar-refractivity contribution in [3.63, 3.8) is 0 Å². The average Bonchev–Trinajstić information content (AvgIpc) is 3.32. The minimum atomic E-state index is -0.420. The van der Waals surface area contributed by atoms with Crippen molar-refractivity contribution in [2.24, 2.45) is 5.92 Å². The Morgan fingerprint density at radius 2 is 1.71 bits per heavy atom. The molecule has 3 rings (SSSR count). The van der Waals surface area contributed by atoms with Crippen molar-refractivity contribution in [1.82, 2.24) is 4.90 Å². The molecular weight excluding hydrogens is 435 g/mol. The Morgan fingerprint density at radius 1 is 0.971 bits per heavy atom. The zero-order chi connectivity index (χ0) is 24.8. The molecule has 2 N–H and O–H groups in total. The summed E-state index contributed by atoms with van der Waals surface area (Å²) in [6.45, 7) is 6.35. The van der Waals surface area contributed by atoms with Gasteiger partial charge in [0.05, 0.1) is 6.26 Å². The van der Waals surface area contributed by atoms with Crippen LogP contribution in [-0.4, -0.2) is 37.0 Å². The number of hydrogen-bond donors (Lipinski definition) is 2. The molecule has 3 amide bonds. The number of urea groups is 1. The van der Waals surface area contributed by atoms with E-state index in [0.29, 0.717) is 17.9 Å². The molecule has 0 aliphatic rings. The minimum Gasteiger partial charge on any atom is -0.459 e. The Bertz CT molecular complexity index is 1130. The zero-order valence-electron chi connectivity index (χ0n) is 20.1. The summed E-state index contributed by atoms with van der Waals surface area (Å²) in [6.07, 6.45) is 1.44. The maximum Gasteiger partial charge on any atom is 0.322 e. The summed E-state index contributed by atoms with van der Waals surface area (Å²) < 4.78 is 18.8. The van der Waals surface area contributed by atoms with Gasteiger partial charge in [-0.1, -0.05) is 19.9 Å². The Kier molecular flexibility index (Phi) is 7.94. The van der Waals surface area contributed by atoms with Crippen LogP contribution in [0.15, 0.2) is 65.3 Å². The van der Waals surface area contributed by atoms with Crippen molar-refractivity contribution < 1.29 is 18.4 Å². The fraction of sp³-hybridized carbons (Fsp3) is 0.308. The number of hydrogen-bond acceptors (Lipinski definition) is 4. The van der Waals surface area contributed by atoms with Crippen molar-refractivity contribution in [2.45, 2.75) is 33.4 Å². The standard InChI is InChI=1S/C26H31FN4O3/c1-17(2)18(3)31(26(33)29-21-9-6-8-20(27)15-21)16-19-14-22(11-12-23(19)30(4)5)28-25(32)24-10-7-13-34-24/h6-15,17-18H,16H2,1-5H3,(H,28,32)(H,29,33). The third-order valence-electron chi connectivity index (χ3n) is 5.70. The number of anilines is 3. The summed E-state index contributed by atoms with van der Waals surface area (Å²) in [5, 5.41) is 5.64. The third-order valence-corrected chi connectivity index (χ3v) is 5.70. The number of amides is 3. The van der Waals surface area contributed by atoms with Crippen molar-refractivity contribution in [2.75, 3.05) is 29.6 Å². The molecule has 34 heavy (non-hydrogen) atoms. The van der Waals surface area contributed by atoms with Crippen LogP contribution in [0.3, 0.4) is 0 Å². The molecule has 0 saturated carbocycles. The van der Waals surface area contributed by atoms with Gasteiger partial charge in [-0.05, 0) is 66.9 Å². The first-order chi connectivity index (χ1) is 16.2. The van der Waals surface area contributed by atoms with E-state index in [-0.39, 0.29) is 29.7 Å². The Hall–Kier alpha value is -3.81. The number of rotatable bonds is 8. The van der Waals surface area contributed by atoms with Gasteiger partial charge in [0.25, 0.3) is 5.91 Å². The molecule has 0 spiro atoms. The fourth-order valence-corrected chi connectivity index (χ4v) is 3.53. The molecule has 2 aromatic carbocycles. The highest BCUT2D eigenvalue weighted by Crippen LogP contribution is 2.27. The molecule has 0 saturated heterocycles. The van der Waals surface area contributed by atoms with E-state index in [4.69, 9.17) is 4.42 Å². The summed E-state index contributed by atoms with van der Waals surface area (Å²) >= 11 is 0. The number of carbonyl (C=O) groups excluding carboxylic acids is 2. The Labute approximate surface area is 199 Å². The van der Waals surface area contributed by atoms with Gasteiger partial charge in [-0.15, -0.1) is 0 Å². The van der Waals surface area contributed by atoms with Gasteiger partial charge >= 0.3 is 6.03 Å². The third kappa shape index (κ3) is 6.15. The second kappa shape index (κ2) is 10.9. The zero-order valence-corrected chi connectivity index (χ0v) is 20.1. The van der Waals surface area contributed by atoms with Gasteiger partial charge in [-0.3, -0.25) is 4.79 Å². The van der Waals surface area contributed by atoms with E-state index in [0.717, 1.165) is 11.3 Å². The SMILES string of the molecule is CC(C)C(C)N(Cc1cc(NC(=O)c2ccco2)ccc1N(C)C)C(=O)Nc1cccc(F)c1. The number of carbonyl (C=O) groups is 2. The van der Waals surface area contributed by atoms with Gasteiger partial charge < -0.3 is 24.9 Å². The Balaban J connectivity index is 1.90. The highest BCUT2D eigenvalue weighted by molar-refractivity contribution is 6.02. The lowest BCUT2D eigenvalue weighted by Gasteiger charge is -2.33. The lowest BCUT2D eigenvalue weighted by molar-refractivity contribution is 0.0996. The van der Waals surface area contributed by atoms with Crippen LogP contribution in [0.2, 0.25) is 0 Å². The maximum atomic E-state index is 13.6. The van der Waals surface area contributed by atoms with Crippen LogP contribution in [0.1, 0.15) is 36.9 Å². The highest BCUT2D eigenvalue weighted by Gasteiger charge is 2.25. The van der Waals surface area contributed by atoms with E-state index in [9.17, 15) is 14.0 Å². The van der Waals surface area contributed by atoms with Gasteiger partial charge in [0.2, 0.25) is 0 Å². The molecule has 3 aromatic rings. The average molecular weight is 467 g/mol. The van der Waals surface area contributed by atoms with Crippen molar-refractivity contribution in [3.8, 4) is 0 Å². The molecule has 1 aromatic heterocycles. The highest BCUT2D eigenvalue weighted by atomic mass is 19.1. The lowest BCUT2D eigenvalue weighted by Crippen LogP contribution is -2.43. The normalized spacial score (nSPS) is 11.7. The molecule has 0 bridgehead atoms. The first kappa shape index (κ1) is 24.8. The van der Waals surface area contributed by atoms with Crippen molar-refractivity contribution in [1.29, 1.82) is 0 Å².